The molecule has 7 nitrogen and oxygen atoms in total. The van der Waals surface area contributed by atoms with Crippen molar-refractivity contribution in [2.24, 2.45) is 11.7 Å². The van der Waals surface area contributed by atoms with Crippen molar-refractivity contribution in [2.75, 3.05) is 31.1 Å². The van der Waals surface area contributed by atoms with Crippen LogP contribution in [0.25, 0.3) is 0 Å². The van der Waals surface area contributed by atoms with Crippen molar-refractivity contribution in [3.8, 4) is 11.5 Å². The number of rotatable bonds is 7. The number of carbonyl (C=O) groups excluding carboxylic acids is 1. The maximum atomic E-state index is 14.0. The summed E-state index contributed by atoms with van der Waals surface area (Å²) in [6, 6.07) is 3.96. The van der Waals surface area contributed by atoms with Gasteiger partial charge in [0.25, 0.3) is 5.91 Å². The predicted octanol–water partition coefficient (Wildman–Crippen LogP) is 3.45. The van der Waals surface area contributed by atoms with E-state index in [2.05, 4.69) is 14.9 Å². The molecule has 1 fully saturated rings. The molecule has 0 bridgehead atoms. The highest BCUT2D eigenvalue weighted by Gasteiger charge is 2.25. The fourth-order valence-electron chi connectivity index (χ4n) is 3.84. The predicted molar refractivity (Wildman–Crippen MR) is 114 cm³/mol. The van der Waals surface area contributed by atoms with Crippen molar-refractivity contribution in [3.05, 3.63) is 42.1 Å². The van der Waals surface area contributed by atoms with Crippen LogP contribution in [0.1, 0.15) is 44.0 Å². The minimum absolute atomic E-state index is 0.0178. The third-order valence-electron chi connectivity index (χ3n) is 5.43. The quantitative estimate of drug-likeness (QED) is 0.746. The van der Waals surface area contributed by atoms with Gasteiger partial charge in [-0.05, 0) is 64.3 Å². The summed E-state index contributed by atoms with van der Waals surface area (Å²) in [5.41, 5.74) is 6.05. The Kier molecular flexibility index (Phi) is 7.20. The zero-order valence-corrected chi connectivity index (χ0v) is 17.8. The van der Waals surface area contributed by atoms with Gasteiger partial charge in [0.05, 0.1) is 11.8 Å². The maximum absolute atomic E-state index is 14.0. The Morgan fingerprint density at radius 3 is 2.90 bits per heavy atom. The van der Waals surface area contributed by atoms with Crippen LogP contribution in [0.3, 0.4) is 0 Å². The summed E-state index contributed by atoms with van der Waals surface area (Å²) in [4.78, 5) is 25.4. The molecule has 0 saturated carbocycles. The third-order valence-corrected chi connectivity index (χ3v) is 5.43. The van der Waals surface area contributed by atoms with Gasteiger partial charge in [0.2, 0.25) is 0 Å². The largest absolute Gasteiger partial charge is 0.451 e. The van der Waals surface area contributed by atoms with Crippen LogP contribution < -0.4 is 15.4 Å². The highest BCUT2D eigenvalue weighted by atomic mass is 19.1. The Morgan fingerprint density at radius 1 is 1.40 bits per heavy atom. The molecule has 2 heterocycles. The minimum Gasteiger partial charge on any atom is -0.451 e. The van der Waals surface area contributed by atoms with E-state index in [0.717, 1.165) is 25.9 Å². The molecule has 3 rings (SSSR count). The highest BCUT2D eigenvalue weighted by Crippen LogP contribution is 2.34. The summed E-state index contributed by atoms with van der Waals surface area (Å²) in [6.07, 6.45) is 5.16. The van der Waals surface area contributed by atoms with Gasteiger partial charge in [-0.1, -0.05) is 0 Å². The number of carbonyl (C=O) groups is 1. The lowest BCUT2D eigenvalue weighted by Gasteiger charge is -2.33. The number of nitrogens with two attached hydrogens (primary N) is 1. The van der Waals surface area contributed by atoms with Gasteiger partial charge < -0.3 is 20.3 Å². The molecule has 0 radical (unpaired) electrons. The van der Waals surface area contributed by atoms with E-state index in [9.17, 15) is 9.18 Å². The maximum Gasteiger partial charge on any atom is 0.257 e. The molecule has 2 N–H and O–H groups in total. The van der Waals surface area contributed by atoms with Gasteiger partial charge >= 0.3 is 0 Å². The van der Waals surface area contributed by atoms with E-state index in [4.69, 9.17) is 10.5 Å². The molecule has 2 aromatic rings. The average Bonchev–Trinajstić information content (AvgIpc) is 2.75. The number of aromatic nitrogens is 2. The minimum atomic E-state index is -0.489. The molecule has 1 saturated heterocycles. The lowest BCUT2D eigenvalue weighted by molar-refractivity contribution is 0.0713. The van der Waals surface area contributed by atoms with E-state index in [0.29, 0.717) is 30.6 Å². The molecule has 0 aliphatic carbocycles. The third kappa shape index (κ3) is 4.87. The van der Waals surface area contributed by atoms with Gasteiger partial charge in [-0.25, -0.2) is 14.4 Å². The normalized spacial score (nSPS) is 16.6. The van der Waals surface area contributed by atoms with Crippen LogP contribution in [0.5, 0.6) is 11.5 Å². The Morgan fingerprint density at radius 2 is 2.20 bits per heavy atom. The van der Waals surface area contributed by atoms with Crippen LogP contribution in [0, 0.1) is 11.7 Å². The Labute approximate surface area is 177 Å². The van der Waals surface area contributed by atoms with Crippen LogP contribution in [-0.4, -0.2) is 53.0 Å². The lowest BCUT2D eigenvalue weighted by atomic mass is 9.98. The molecular formula is C22H30FN5O2. The summed E-state index contributed by atoms with van der Waals surface area (Å²) in [5, 5.41) is 0. The van der Waals surface area contributed by atoms with Crippen molar-refractivity contribution in [1.29, 1.82) is 0 Å². The molecule has 1 amide bonds. The van der Waals surface area contributed by atoms with Gasteiger partial charge in [0.15, 0.2) is 11.6 Å². The number of piperidine rings is 1. The molecular weight excluding hydrogens is 385 g/mol. The van der Waals surface area contributed by atoms with Crippen molar-refractivity contribution in [1.82, 2.24) is 14.9 Å². The topological polar surface area (TPSA) is 84.6 Å². The SMILES string of the molecule is CCN(C(=O)c1cc(F)ccc1Oc1cncnc1N1CCC[C@@H](CN)C1)C(C)C. The average molecular weight is 416 g/mol. The highest BCUT2D eigenvalue weighted by molar-refractivity contribution is 5.97. The number of benzene rings is 1. The van der Waals surface area contributed by atoms with Gasteiger partial charge in [-0.2, -0.15) is 0 Å². The van der Waals surface area contributed by atoms with Crippen LogP contribution in [-0.2, 0) is 0 Å². The molecule has 8 heteroatoms. The number of anilines is 1. The van der Waals surface area contributed by atoms with Crippen molar-refractivity contribution in [2.45, 2.75) is 39.7 Å². The zero-order chi connectivity index (χ0) is 21.7. The van der Waals surface area contributed by atoms with Crippen molar-refractivity contribution in [3.63, 3.8) is 0 Å². The van der Waals surface area contributed by atoms with E-state index >= 15 is 0 Å². The monoisotopic (exact) mass is 415 g/mol. The Balaban J connectivity index is 1.93. The van der Waals surface area contributed by atoms with Gasteiger partial charge in [-0.3, -0.25) is 4.79 Å². The first-order valence-corrected chi connectivity index (χ1v) is 10.5. The Hall–Kier alpha value is -2.74. The summed E-state index contributed by atoms with van der Waals surface area (Å²) >= 11 is 0. The molecule has 1 aliphatic rings. The molecule has 1 aromatic carbocycles. The molecule has 162 valence electrons. The van der Waals surface area contributed by atoms with Gasteiger partial charge in [0.1, 0.15) is 17.9 Å². The fraction of sp³-hybridized carbons (Fsp3) is 0.500. The van der Waals surface area contributed by atoms with E-state index in [1.165, 1.54) is 24.5 Å². The van der Waals surface area contributed by atoms with E-state index in [1.807, 2.05) is 20.8 Å². The van der Waals surface area contributed by atoms with Crippen LogP contribution in [0.15, 0.2) is 30.7 Å². The van der Waals surface area contributed by atoms with Crippen molar-refractivity contribution < 1.29 is 13.9 Å². The Bertz CT molecular complexity index is 876. The van der Waals surface area contributed by atoms with Crippen molar-refractivity contribution >= 4 is 11.7 Å². The van der Waals surface area contributed by atoms with Gasteiger partial charge in [0, 0.05) is 25.7 Å². The molecule has 0 spiro atoms. The molecule has 1 aromatic heterocycles. The number of amides is 1. The number of ether oxygens (including phenoxy) is 1. The molecule has 1 atom stereocenters. The standard InChI is InChI=1S/C22H30FN5O2/c1-4-28(15(2)3)22(29)18-10-17(23)7-8-19(18)30-20-12-25-14-26-21(20)27-9-5-6-16(11-24)13-27/h7-8,10,12,14-16H,4-6,9,11,13,24H2,1-3H3/t16-/m0/s1. The summed E-state index contributed by atoms with van der Waals surface area (Å²) in [7, 11) is 0. The van der Waals surface area contributed by atoms with Crippen LogP contribution in [0.4, 0.5) is 10.2 Å². The van der Waals surface area contributed by atoms with E-state index in [-0.39, 0.29) is 23.3 Å². The van der Waals surface area contributed by atoms with Crippen LogP contribution >= 0.6 is 0 Å². The molecule has 1 aliphatic heterocycles. The summed E-state index contributed by atoms with van der Waals surface area (Å²) < 4.78 is 20.1. The summed E-state index contributed by atoms with van der Waals surface area (Å²) in [6.45, 7) is 8.51. The second kappa shape index (κ2) is 9.84. The lowest BCUT2D eigenvalue weighted by Crippen LogP contribution is -2.39. The van der Waals surface area contributed by atoms with E-state index < -0.39 is 5.82 Å². The number of hydrogen-bond donors (Lipinski definition) is 1. The summed E-state index contributed by atoms with van der Waals surface area (Å²) in [5.74, 6) is 1.00. The van der Waals surface area contributed by atoms with Gasteiger partial charge in [-0.15, -0.1) is 0 Å². The fourth-order valence-corrected chi connectivity index (χ4v) is 3.84. The smallest absolute Gasteiger partial charge is 0.257 e. The molecule has 0 unspecified atom stereocenters. The first-order valence-electron chi connectivity index (χ1n) is 10.5. The second-order valence-electron chi connectivity index (χ2n) is 7.83. The number of hydrogen-bond acceptors (Lipinski definition) is 6. The first kappa shape index (κ1) is 22.0. The number of nitrogens with zero attached hydrogens (tertiary/aromatic N) is 4. The molecule has 30 heavy (non-hydrogen) atoms. The van der Waals surface area contributed by atoms with E-state index in [1.54, 1.807) is 11.1 Å². The second-order valence-corrected chi connectivity index (χ2v) is 7.83. The van der Waals surface area contributed by atoms with Crippen LogP contribution in [0.2, 0.25) is 0 Å². The zero-order valence-electron chi connectivity index (χ0n) is 17.8. The number of halogens is 1. The first-order chi connectivity index (χ1) is 14.4.